The number of ether oxygens (including phenoxy) is 1. The molecule has 1 aromatic heterocycles. The van der Waals surface area contributed by atoms with Crippen LogP contribution < -0.4 is 4.74 Å². The van der Waals surface area contributed by atoms with Gasteiger partial charge >= 0.3 is 0 Å². The first-order valence-electron chi connectivity index (χ1n) is 22.6. The van der Waals surface area contributed by atoms with Crippen LogP contribution >= 0.6 is 0 Å². The molecule has 2 heterocycles. The van der Waals surface area contributed by atoms with Crippen molar-refractivity contribution in [2.75, 3.05) is 0 Å². The zero-order chi connectivity index (χ0) is 41.9. The smallest absolute Gasteiger partial charge is 0.132 e. The van der Waals surface area contributed by atoms with Gasteiger partial charge in [-0.3, -0.25) is 0 Å². The number of aromatic nitrogens is 1. The standard InChI is InChI=1S/C62H41NO/c1-2-15-38(16-3-1)61-53-37-60-57(62(56-27-12-13-28-59(56)64-60)54-25-10-8-23-48(54)49-24-9-11-26-55(49)62)36-52(53)50-32-30-42(35-58(50)63-61)40-18-14-17-39(33-40)41-29-31-47-45-21-5-4-19-43(45)44-20-6-7-22-46(44)51(47)34-41/h1-17,19-37,40,47,51H,18H2. The number of para-hydroxylation sites is 1. The molecule has 0 bridgehead atoms. The summed E-state index contributed by atoms with van der Waals surface area (Å²) in [5.74, 6) is 2.61. The minimum atomic E-state index is -0.547. The molecule has 3 atom stereocenters. The Morgan fingerprint density at radius 1 is 0.469 bits per heavy atom. The largest absolute Gasteiger partial charge is 0.457 e. The fourth-order valence-electron chi connectivity index (χ4n) is 12.0. The van der Waals surface area contributed by atoms with Crippen LogP contribution in [0.2, 0.25) is 0 Å². The lowest BCUT2D eigenvalue weighted by Crippen LogP contribution is -2.32. The molecule has 3 unspecified atom stereocenters. The Labute approximate surface area is 372 Å². The van der Waals surface area contributed by atoms with E-state index in [1.54, 1.807) is 0 Å². The van der Waals surface area contributed by atoms with Crippen molar-refractivity contribution in [1.82, 2.24) is 4.98 Å². The lowest BCUT2D eigenvalue weighted by Gasteiger charge is -2.39. The maximum absolute atomic E-state index is 6.98. The molecule has 5 aliphatic rings. The molecule has 2 nitrogen and oxygen atoms in total. The van der Waals surface area contributed by atoms with Gasteiger partial charge in [0.1, 0.15) is 11.5 Å². The molecule has 0 fully saturated rings. The Morgan fingerprint density at radius 3 is 1.88 bits per heavy atom. The first-order valence-corrected chi connectivity index (χ1v) is 22.6. The van der Waals surface area contributed by atoms with Gasteiger partial charge in [-0.05, 0) is 97.3 Å². The van der Waals surface area contributed by atoms with E-state index in [1.807, 2.05) is 0 Å². The normalized spacial score (nSPS) is 19.0. The number of nitrogens with zero attached hydrogens (tertiary/aromatic N) is 1. The average molecular weight is 816 g/mol. The number of hydrogen-bond donors (Lipinski definition) is 0. The first-order chi connectivity index (χ1) is 31.7. The van der Waals surface area contributed by atoms with Crippen molar-refractivity contribution in [2.45, 2.75) is 29.6 Å². The van der Waals surface area contributed by atoms with E-state index in [2.05, 4.69) is 218 Å². The molecule has 14 rings (SSSR count). The van der Waals surface area contributed by atoms with Gasteiger partial charge in [0.05, 0.1) is 16.6 Å². The number of hydrogen-bond acceptors (Lipinski definition) is 2. The molecule has 0 N–H and O–H groups in total. The SMILES string of the molecule is C1=CC(C2=CC3c4ccccc4-c4ccccc4C3C=C2)=CC(c2ccc3c(c2)nc(-c2ccccc2)c2cc4c(cc23)C2(c3ccccc3O4)c3ccccc3-c3ccccc32)C1. The number of pyridine rings is 1. The zero-order valence-corrected chi connectivity index (χ0v) is 35.1. The predicted octanol–water partition coefficient (Wildman–Crippen LogP) is 15.5. The van der Waals surface area contributed by atoms with Crippen molar-refractivity contribution in [2.24, 2.45) is 0 Å². The highest BCUT2D eigenvalue weighted by molar-refractivity contribution is 6.12. The zero-order valence-electron chi connectivity index (χ0n) is 35.1. The van der Waals surface area contributed by atoms with Gasteiger partial charge in [-0.25, -0.2) is 4.98 Å². The highest BCUT2D eigenvalue weighted by Gasteiger charge is 2.51. The highest BCUT2D eigenvalue weighted by Crippen LogP contribution is 2.63. The monoisotopic (exact) mass is 815 g/mol. The maximum atomic E-state index is 6.98. The van der Waals surface area contributed by atoms with Gasteiger partial charge in [0.2, 0.25) is 0 Å². The van der Waals surface area contributed by atoms with Gasteiger partial charge in [-0.2, -0.15) is 0 Å². The molecule has 2 heteroatoms. The van der Waals surface area contributed by atoms with E-state index < -0.39 is 5.41 Å². The van der Waals surface area contributed by atoms with E-state index in [0.29, 0.717) is 11.8 Å². The Kier molecular flexibility index (Phi) is 7.59. The highest BCUT2D eigenvalue weighted by atomic mass is 16.5. The van der Waals surface area contributed by atoms with Crippen LogP contribution in [0.4, 0.5) is 0 Å². The second-order valence-electron chi connectivity index (χ2n) is 18.0. The molecule has 0 saturated heterocycles. The third-order valence-corrected chi connectivity index (χ3v) is 14.8. The van der Waals surface area contributed by atoms with Crippen LogP contribution in [0.5, 0.6) is 11.5 Å². The molecule has 0 radical (unpaired) electrons. The summed E-state index contributed by atoms with van der Waals surface area (Å²) in [6.07, 6.45) is 15.4. The van der Waals surface area contributed by atoms with E-state index >= 15 is 0 Å². The van der Waals surface area contributed by atoms with Gasteiger partial charge in [-0.1, -0.05) is 194 Å². The van der Waals surface area contributed by atoms with Gasteiger partial charge in [0.15, 0.2) is 0 Å². The molecule has 64 heavy (non-hydrogen) atoms. The Bertz CT molecular complexity index is 3540. The minimum Gasteiger partial charge on any atom is -0.457 e. The summed E-state index contributed by atoms with van der Waals surface area (Å²) in [7, 11) is 0. The molecule has 0 saturated carbocycles. The minimum absolute atomic E-state index is 0.219. The molecule has 1 aliphatic heterocycles. The predicted molar refractivity (Wildman–Crippen MR) is 261 cm³/mol. The molecule has 8 aromatic carbocycles. The van der Waals surface area contributed by atoms with Gasteiger partial charge in [0.25, 0.3) is 0 Å². The van der Waals surface area contributed by atoms with Crippen LogP contribution in [0.25, 0.3) is 55.2 Å². The van der Waals surface area contributed by atoms with Crippen molar-refractivity contribution >= 4 is 21.7 Å². The lowest BCUT2D eigenvalue weighted by atomic mass is 9.65. The summed E-state index contributed by atoms with van der Waals surface area (Å²) in [4.78, 5) is 5.56. The number of allylic oxidation sites excluding steroid dienone is 8. The molecule has 0 amide bonds. The number of benzene rings is 8. The molecule has 9 aromatic rings. The van der Waals surface area contributed by atoms with Crippen LogP contribution in [0, 0.1) is 0 Å². The summed E-state index contributed by atoms with van der Waals surface area (Å²) in [6, 6.07) is 66.9. The maximum Gasteiger partial charge on any atom is 0.132 e. The van der Waals surface area contributed by atoms with Crippen molar-refractivity contribution in [3.8, 4) is 45.0 Å². The fourth-order valence-corrected chi connectivity index (χ4v) is 12.0. The van der Waals surface area contributed by atoms with Crippen molar-refractivity contribution < 1.29 is 4.74 Å². The van der Waals surface area contributed by atoms with Crippen molar-refractivity contribution in [1.29, 1.82) is 0 Å². The summed E-state index contributed by atoms with van der Waals surface area (Å²) in [5.41, 5.74) is 19.4. The summed E-state index contributed by atoms with van der Waals surface area (Å²) in [5, 5.41) is 3.41. The van der Waals surface area contributed by atoms with Crippen molar-refractivity contribution in [3.63, 3.8) is 0 Å². The van der Waals surface area contributed by atoms with Crippen LogP contribution in [-0.4, -0.2) is 4.98 Å². The topological polar surface area (TPSA) is 22.1 Å². The Balaban J connectivity index is 0.931. The number of fused-ring (bicyclic) bond motifs is 18. The third-order valence-electron chi connectivity index (χ3n) is 14.8. The van der Waals surface area contributed by atoms with Crippen LogP contribution in [0.15, 0.2) is 230 Å². The average Bonchev–Trinajstić information content (AvgIpc) is 3.66. The Hall–Kier alpha value is -7.81. The van der Waals surface area contributed by atoms with Gasteiger partial charge in [0, 0.05) is 45.2 Å². The summed E-state index contributed by atoms with van der Waals surface area (Å²) >= 11 is 0. The summed E-state index contributed by atoms with van der Waals surface area (Å²) < 4.78 is 6.98. The van der Waals surface area contributed by atoms with E-state index in [4.69, 9.17) is 9.72 Å². The lowest BCUT2D eigenvalue weighted by molar-refractivity contribution is 0.437. The molecule has 1 spiro atoms. The second kappa shape index (κ2) is 13.6. The van der Waals surface area contributed by atoms with Crippen molar-refractivity contribution in [3.05, 3.63) is 269 Å². The Morgan fingerprint density at radius 2 is 1.11 bits per heavy atom. The van der Waals surface area contributed by atoms with Crippen LogP contribution in [-0.2, 0) is 5.41 Å². The third kappa shape index (κ3) is 5.00. The fraction of sp³-hybridized carbons (Fsp3) is 0.0806. The van der Waals surface area contributed by atoms with E-state index in [-0.39, 0.29) is 5.92 Å². The molecule has 300 valence electrons. The van der Waals surface area contributed by atoms with E-state index in [9.17, 15) is 0 Å². The summed E-state index contributed by atoms with van der Waals surface area (Å²) in [6.45, 7) is 0. The van der Waals surface area contributed by atoms with Crippen LogP contribution in [0.3, 0.4) is 0 Å². The molecule has 4 aliphatic carbocycles. The molecular weight excluding hydrogens is 775 g/mol. The first kappa shape index (κ1) is 35.8. The van der Waals surface area contributed by atoms with Gasteiger partial charge < -0.3 is 4.74 Å². The van der Waals surface area contributed by atoms with E-state index in [1.165, 1.54) is 72.2 Å². The molecular formula is C62H41NO. The van der Waals surface area contributed by atoms with Gasteiger partial charge in [-0.15, -0.1) is 0 Å². The van der Waals surface area contributed by atoms with E-state index in [0.717, 1.165) is 51.0 Å². The second-order valence-corrected chi connectivity index (χ2v) is 18.0. The van der Waals surface area contributed by atoms with Crippen LogP contribution in [0.1, 0.15) is 63.1 Å². The quantitative estimate of drug-likeness (QED) is 0.166. The number of rotatable bonds is 3.